The third-order valence-electron chi connectivity index (χ3n) is 3.74. The van der Waals surface area contributed by atoms with Crippen molar-refractivity contribution in [2.75, 3.05) is 7.05 Å². The lowest BCUT2D eigenvalue weighted by Crippen LogP contribution is -2.36. The van der Waals surface area contributed by atoms with Crippen LogP contribution in [-0.4, -0.2) is 25.8 Å². The highest BCUT2D eigenvalue weighted by Gasteiger charge is 2.30. The van der Waals surface area contributed by atoms with Crippen LogP contribution in [0, 0.1) is 0 Å². The van der Waals surface area contributed by atoms with Gasteiger partial charge in [0.05, 0.1) is 5.88 Å². The standard InChI is InChI=1S/C13H20ClNO3S/c1-15(11-6-4-2-3-5-7-11)19(16,17)13-9-8-12(10-14)18-13/h8-9,11H,2-7,10H2,1H3. The molecule has 1 aliphatic carbocycles. The monoisotopic (exact) mass is 305 g/mol. The third kappa shape index (κ3) is 3.33. The molecule has 0 aliphatic heterocycles. The van der Waals surface area contributed by atoms with Gasteiger partial charge in [0.1, 0.15) is 5.76 Å². The summed E-state index contributed by atoms with van der Waals surface area (Å²) in [6.45, 7) is 0. The van der Waals surface area contributed by atoms with Crippen molar-refractivity contribution >= 4 is 21.6 Å². The van der Waals surface area contributed by atoms with Crippen molar-refractivity contribution in [3.8, 4) is 0 Å². The maximum Gasteiger partial charge on any atom is 0.276 e. The molecule has 0 atom stereocenters. The Bertz CT molecular complexity index is 504. The lowest BCUT2D eigenvalue weighted by atomic mass is 10.1. The van der Waals surface area contributed by atoms with Crippen molar-refractivity contribution in [1.29, 1.82) is 0 Å². The number of hydrogen-bond acceptors (Lipinski definition) is 3. The van der Waals surface area contributed by atoms with Gasteiger partial charge in [0, 0.05) is 13.1 Å². The van der Waals surface area contributed by atoms with Crippen LogP contribution in [0.2, 0.25) is 0 Å². The second-order valence-corrected chi connectivity index (χ2v) is 7.22. The van der Waals surface area contributed by atoms with Crippen LogP contribution >= 0.6 is 11.6 Å². The normalized spacial score (nSPS) is 18.7. The molecule has 19 heavy (non-hydrogen) atoms. The minimum absolute atomic E-state index is 0.00473. The Kier molecular flexibility index (Phi) is 4.92. The summed E-state index contributed by atoms with van der Waals surface area (Å²) in [4.78, 5) is 0. The van der Waals surface area contributed by atoms with Crippen molar-refractivity contribution in [1.82, 2.24) is 4.31 Å². The SMILES string of the molecule is CN(C1CCCCCC1)S(=O)(=O)c1ccc(CCl)o1. The zero-order valence-corrected chi connectivity index (χ0v) is 12.7. The summed E-state index contributed by atoms with van der Waals surface area (Å²) in [5, 5.41) is -0.00473. The highest BCUT2D eigenvalue weighted by Crippen LogP contribution is 2.26. The van der Waals surface area contributed by atoms with Crippen LogP contribution in [0.4, 0.5) is 0 Å². The fraction of sp³-hybridized carbons (Fsp3) is 0.692. The fourth-order valence-corrected chi connectivity index (χ4v) is 4.01. The molecule has 1 aliphatic rings. The second kappa shape index (κ2) is 6.29. The number of nitrogens with zero attached hydrogens (tertiary/aromatic N) is 1. The summed E-state index contributed by atoms with van der Waals surface area (Å²) in [7, 11) is -1.89. The van der Waals surface area contributed by atoms with Gasteiger partial charge >= 0.3 is 0 Å². The largest absolute Gasteiger partial charge is 0.447 e. The molecule has 0 aromatic carbocycles. The molecule has 1 fully saturated rings. The van der Waals surface area contributed by atoms with Gasteiger partial charge in [0.25, 0.3) is 10.0 Å². The number of furan rings is 1. The zero-order chi connectivity index (χ0) is 13.9. The summed E-state index contributed by atoms with van der Waals surface area (Å²) in [5.74, 6) is 0.664. The van der Waals surface area contributed by atoms with E-state index in [1.807, 2.05) is 0 Å². The first-order chi connectivity index (χ1) is 9.05. The molecular formula is C13H20ClNO3S. The molecule has 2 rings (SSSR count). The summed E-state index contributed by atoms with van der Waals surface area (Å²) in [5.41, 5.74) is 0. The molecule has 4 nitrogen and oxygen atoms in total. The third-order valence-corrected chi connectivity index (χ3v) is 5.79. The smallest absolute Gasteiger partial charge is 0.276 e. The number of sulfonamides is 1. The van der Waals surface area contributed by atoms with Gasteiger partial charge in [0.15, 0.2) is 0 Å². The van der Waals surface area contributed by atoms with Crippen LogP contribution in [-0.2, 0) is 15.9 Å². The summed E-state index contributed by atoms with van der Waals surface area (Å²) >= 11 is 5.64. The summed E-state index contributed by atoms with van der Waals surface area (Å²) in [6, 6.07) is 3.18. The molecule has 1 aromatic heterocycles. The predicted molar refractivity (Wildman–Crippen MR) is 74.7 cm³/mol. The number of halogens is 1. The van der Waals surface area contributed by atoms with Gasteiger partial charge in [-0.3, -0.25) is 0 Å². The van der Waals surface area contributed by atoms with Crippen molar-refractivity contribution in [3.63, 3.8) is 0 Å². The van der Waals surface area contributed by atoms with E-state index in [1.54, 1.807) is 13.1 Å². The zero-order valence-electron chi connectivity index (χ0n) is 11.1. The molecule has 0 radical (unpaired) electrons. The molecular weight excluding hydrogens is 286 g/mol. The molecule has 1 saturated carbocycles. The Morgan fingerprint density at radius 2 is 1.89 bits per heavy atom. The molecule has 0 saturated heterocycles. The highest BCUT2D eigenvalue weighted by atomic mass is 35.5. The van der Waals surface area contributed by atoms with Crippen molar-refractivity contribution < 1.29 is 12.8 Å². The van der Waals surface area contributed by atoms with Gasteiger partial charge in [-0.25, -0.2) is 8.42 Å². The lowest BCUT2D eigenvalue weighted by molar-refractivity contribution is 0.320. The minimum Gasteiger partial charge on any atom is -0.447 e. The van der Waals surface area contributed by atoms with Crippen LogP contribution < -0.4 is 0 Å². The topological polar surface area (TPSA) is 50.5 Å². The Labute approximate surface area is 119 Å². The summed E-state index contributed by atoms with van der Waals surface area (Å²) < 4.78 is 31.7. The van der Waals surface area contributed by atoms with Gasteiger partial charge < -0.3 is 4.42 Å². The van der Waals surface area contributed by atoms with Crippen LogP contribution in [0.1, 0.15) is 44.3 Å². The highest BCUT2D eigenvalue weighted by molar-refractivity contribution is 7.89. The molecule has 0 amide bonds. The van der Waals surface area contributed by atoms with E-state index in [2.05, 4.69) is 0 Å². The molecule has 0 bridgehead atoms. The first-order valence-corrected chi connectivity index (χ1v) is 8.66. The Balaban J connectivity index is 2.17. The van der Waals surface area contributed by atoms with Crippen LogP contribution in [0.25, 0.3) is 0 Å². The molecule has 1 aromatic rings. The van der Waals surface area contributed by atoms with Crippen molar-refractivity contribution in [2.45, 2.75) is 55.5 Å². The van der Waals surface area contributed by atoms with Gasteiger partial charge in [-0.2, -0.15) is 4.31 Å². The van der Waals surface area contributed by atoms with E-state index in [0.717, 1.165) is 25.7 Å². The Hall–Kier alpha value is -0.520. The Morgan fingerprint density at radius 3 is 2.42 bits per heavy atom. The van der Waals surface area contributed by atoms with E-state index in [1.165, 1.54) is 23.2 Å². The molecule has 0 unspecified atom stereocenters. The quantitative estimate of drug-likeness (QED) is 0.633. The Morgan fingerprint density at radius 1 is 1.26 bits per heavy atom. The lowest BCUT2D eigenvalue weighted by Gasteiger charge is -2.25. The molecule has 6 heteroatoms. The van der Waals surface area contributed by atoms with E-state index in [0.29, 0.717) is 5.76 Å². The average molecular weight is 306 g/mol. The van der Waals surface area contributed by atoms with E-state index in [4.69, 9.17) is 16.0 Å². The molecule has 108 valence electrons. The van der Waals surface area contributed by atoms with E-state index >= 15 is 0 Å². The van der Waals surface area contributed by atoms with E-state index in [9.17, 15) is 8.42 Å². The van der Waals surface area contributed by atoms with E-state index < -0.39 is 10.0 Å². The van der Waals surface area contributed by atoms with Gasteiger partial charge in [0.2, 0.25) is 5.09 Å². The van der Waals surface area contributed by atoms with Crippen molar-refractivity contribution in [3.05, 3.63) is 17.9 Å². The minimum atomic E-state index is -3.54. The van der Waals surface area contributed by atoms with Gasteiger partial charge in [-0.05, 0) is 25.0 Å². The molecule has 0 spiro atoms. The number of alkyl halides is 1. The van der Waals surface area contributed by atoms with Crippen LogP contribution in [0.15, 0.2) is 21.6 Å². The van der Waals surface area contributed by atoms with E-state index in [-0.39, 0.29) is 17.0 Å². The maximum absolute atomic E-state index is 12.5. The number of rotatable bonds is 4. The second-order valence-electron chi connectivity index (χ2n) is 5.02. The summed E-state index contributed by atoms with van der Waals surface area (Å²) in [6.07, 6.45) is 6.44. The predicted octanol–water partition coefficient (Wildman–Crippen LogP) is 3.36. The van der Waals surface area contributed by atoms with Gasteiger partial charge in [-0.1, -0.05) is 25.7 Å². The fourth-order valence-electron chi connectivity index (χ4n) is 2.53. The molecule has 1 heterocycles. The van der Waals surface area contributed by atoms with Gasteiger partial charge in [-0.15, -0.1) is 11.6 Å². The number of hydrogen-bond donors (Lipinski definition) is 0. The van der Waals surface area contributed by atoms with Crippen LogP contribution in [0.3, 0.4) is 0 Å². The first-order valence-electron chi connectivity index (χ1n) is 6.68. The van der Waals surface area contributed by atoms with Crippen molar-refractivity contribution in [2.24, 2.45) is 0 Å². The maximum atomic E-state index is 12.5. The van der Waals surface area contributed by atoms with Crippen LogP contribution in [0.5, 0.6) is 0 Å². The first kappa shape index (κ1) is 14.9. The average Bonchev–Trinajstić information content (AvgIpc) is 2.74. The molecule has 0 N–H and O–H groups in total.